The molecule has 122 valence electrons. The molecule has 0 spiro atoms. The minimum atomic E-state index is -3.88. The SMILES string of the molecule is CC(=O)N[C@]1(S(=O)(=O)c2ccc(Cl)c(CBr)c2Cl)CCNC1. The summed E-state index contributed by atoms with van der Waals surface area (Å²) in [4.78, 5) is 10.1. The molecule has 2 N–H and O–H groups in total. The van der Waals surface area contributed by atoms with Gasteiger partial charge in [0.25, 0.3) is 0 Å². The molecular weight excluding hydrogens is 415 g/mol. The van der Waals surface area contributed by atoms with Gasteiger partial charge in [0, 0.05) is 29.4 Å². The lowest BCUT2D eigenvalue weighted by Gasteiger charge is -2.29. The number of nitrogens with one attached hydrogen (secondary N) is 2. The zero-order chi connectivity index (χ0) is 16.5. The van der Waals surface area contributed by atoms with Gasteiger partial charge in [-0.15, -0.1) is 0 Å². The molecule has 1 saturated heterocycles. The number of carbonyl (C=O) groups is 1. The molecule has 0 aliphatic carbocycles. The van der Waals surface area contributed by atoms with E-state index in [9.17, 15) is 13.2 Å². The van der Waals surface area contributed by atoms with Gasteiger partial charge in [0.05, 0.1) is 9.92 Å². The summed E-state index contributed by atoms with van der Waals surface area (Å²) in [6.45, 7) is 1.93. The summed E-state index contributed by atoms with van der Waals surface area (Å²) in [7, 11) is -3.88. The van der Waals surface area contributed by atoms with Crippen molar-refractivity contribution in [3.63, 3.8) is 0 Å². The summed E-state index contributed by atoms with van der Waals surface area (Å²) < 4.78 is 26.2. The van der Waals surface area contributed by atoms with Crippen molar-refractivity contribution in [3.8, 4) is 0 Å². The van der Waals surface area contributed by atoms with Crippen LogP contribution in [0.4, 0.5) is 0 Å². The highest BCUT2D eigenvalue weighted by Gasteiger charge is 2.48. The molecular formula is C13H15BrCl2N2O3S. The molecule has 22 heavy (non-hydrogen) atoms. The first-order chi connectivity index (χ1) is 10.2. The topological polar surface area (TPSA) is 75.3 Å². The van der Waals surface area contributed by atoms with E-state index in [-0.39, 0.29) is 22.9 Å². The molecule has 1 heterocycles. The summed E-state index contributed by atoms with van der Waals surface area (Å²) >= 11 is 15.5. The van der Waals surface area contributed by atoms with Gasteiger partial charge in [0.1, 0.15) is 0 Å². The van der Waals surface area contributed by atoms with Gasteiger partial charge in [0.15, 0.2) is 4.87 Å². The number of carbonyl (C=O) groups excluding carboxylic acids is 1. The average molecular weight is 430 g/mol. The molecule has 1 fully saturated rings. The van der Waals surface area contributed by atoms with Crippen LogP contribution in [-0.4, -0.2) is 32.3 Å². The lowest BCUT2D eigenvalue weighted by Crippen LogP contribution is -2.55. The molecule has 0 bridgehead atoms. The fraction of sp³-hybridized carbons (Fsp3) is 0.462. The molecule has 1 atom stereocenters. The quantitative estimate of drug-likeness (QED) is 0.721. The molecule has 0 unspecified atom stereocenters. The first-order valence-corrected chi connectivity index (χ1v) is 9.88. The van der Waals surface area contributed by atoms with Gasteiger partial charge in [-0.1, -0.05) is 39.1 Å². The third kappa shape index (κ3) is 3.01. The van der Waals surface area contributed by atoms with Crippen LogP contribution in [0.1, 0.15) is 18.9 Å². The largest absolute Gasteiger partial charge is 0.336 e. The maximum Gasteiger partial charge on any atom is 0.218 e. The Labute approximate surface area is 147 Å². The Morgan fingerprint density at radius 2 is 2.14 bits per heavy atom. The van der Waals surface area contributed by atoms with Crippen LogP contribution >= 0.6 is 39.1 Å². The van der Waals surface area contributed by atoms with Crippen molar-refractivity contribution < 1.29 is 13.2 Å². The summed E-state index contributed by atoms with van der Waals surface area (Å²) in [6, 6.07) is 2.88. The molecule has 1 aliphatic heterocycles. The number of alkyl halides is 1. The molecule has 5 nitrogen and oxygen atoms in total. The van der Waals surface area contributed by atoms with E-state index in [4.69, 9.17) is 23.2 Å². The second kappa shape index (κ2) is 6.65. The maximum atomic E-state index is 13.1. The predicted octanol–water partition coefficient (Wildman–Crippen LogP) is 2.49. The standard InChI is InChI=1S/C13H15BrCl2N2O3S/c1-8(19)18-13(4-5-17-7-13)22(20,21)11-3-2-10(15)9(6-14)12(11)16/h2-3,17H,4-7H2,1H3,(H,18,19)/t13-/m0/s1. The van der Waals surface area contributed by atoms with Crippen LogP contribution in [0.5, 0.6) is 0 Å². The van der Waals surface area contributed by atoms with Crippen LogP contribution in [0, 0.1) is 0 Å². The van der Waals surface area contributed by atoms with Crippen molar-refractivity contribution in [3.05, 3.63) is 27.7 Å². The van der Waals surface area contributed by atoms with Crippen LogP contribution in [0.25, 0.3) is 0 Å². The lowest BCUT2D eigenvalue weighted by molar-refractivity contribution is -0.119. The summed E-state index contributed by atoms with van der Waals surface area (Å²) in [5, 5.41) is 6.37. The van der Waals surface area contributed by atoms with Crippen LogP contribution in [-0.2, 0) is 20.0 Å². The smallest absolute Gasteiger partial charge is 0.218 e. The first kappa shape index (κ1) is 18.0. The second-order valence-corrected chi connectivity index (χ2v) is 8.65. The highest BCUT2D eigenvalue weighted by molar-refractivity contribution is 9.08. The molecule has 0 saturated carbocycles. The van der Waals surface area contributed by atoms with Gasteiger partial charge in [-0.3, -0.25) is 4.79 Å². The number of sulfone groups is 1. The Kier molecular flexibility index (Phi) is 5.44. The predicted molar refractivity (Wildman–Crippen MR) is 90.3 cm³/mol. The maximum absolute atomic E-state index is 13.1. The lowest BCUT2D eigenvalue weighted by atomic mass is 10.2. The van der Waals surface area contributed by atoms with Gasteiger partial charge in [-0.2, -0.15) is 0 Å². The summed E-state index contributed by atoms with van der Waals surface area (Å²) in [5.74, 6) is -0.405. The van der Waals surface area contributed by atoms with Gasteiger partial charge in [-0.05, 0) is 25.1 Å². The third-order valence-corrected chi connectivity index (χ3v) is 7.47. The van der Waals surface area contributed by atoms with E-state index in [2.05, 4.69) is 26.6 Å². The van der Waals surface area contributed by atoms with Gasteiger partial charge < -0.3 is 10.6 Å². The van der Waals surface area contributed by atoms with E-state index in [0.29, 0.717) is 22.5 Å². The second-order valence-electron chi connectivity index (χ2n) is 5.08. The van der Waals surface area contributed by atoms with Crippen molar-refractivity contribution >= 4 is 54.9 Å². The zero-order valence-corrected chi connectivity index (χ0v) is 15.7. The molecule has 1 aromatic carbocycles. The minimum absolute atomic E-state index is 0.0227. The molecule has 0 radical (unpaired) electrons. The van der Waals surface area contributed by atoms with Crippen molar-refractivity contribution in [2.75, 3.05) is 13.1 Å². The Bertz CT molecular complexity index is 703. The summed E-state index contributed by atoms with van der Waals surface area (Å²) in [5.41, 5.74) is 0.508. The first-order valence-electron chi connectivity index (χ1n) is 6.52. The molecule has 9 heteroatoms. The number of amides is 1. The number of hydrogen-bond donors (Lipinski definition) is 2. The monoisotopic (exact) mass is 428 g/mol. The van der Waals surface area contributed by atoms with Crippen LogP contribution in [0.2, 0.25) is 10.0 Å². The van der Waals surface area contributed by atoms with E-state index < -0.39 is 20.6 Å². The Hall–Kier alpha value is -0.340. The number of benzene rings is 1. The fourth-order valence-electron chi connectivity index (χ4n) is 2.51. The van der Waals surface area contributed by atoms with Crippen LogP contribution in [0.3, 0.4) is 0 Å². The number of hydrogen-bond acceptors (Lipinski definition) is 4. The summed E-state index contributed by atoms with van der Waals surface area (Å²) in [6.07, 6.45) is 0.275. The van der Waals surface area contributed by atoms with E-state index in [0.717, 1.165) is 0 Å². The van der Waals surface area contributed by atoms with Crippen molar-refractivity contribution in [2.45, 2.75) is 28.4 Å². The molecule has 2 rings (SSSR count). The van der Waals surface area contributed by atoms with E-state index in [1.54, 1.807) is 0 Å². The highest BCUT2D eigenvalue weighted by atomic mass is 79.9. The van der Waals surface area contributed by atoms with Crippen molar-refractivity contribution in [1.29, 1.82) is 0 Å². The molecule has 1 amide bonds. The van der Waals surface area contributed by atoms with E-state index in [1.807, 2.05) is 0 Å². The number of halogens is 3. The van der Waals surface area contributed by atoms with Crippen molar-refractivity contribution in [1.82, 2.24) is 10.6 Å². The molecule has 1 aliphatic rings. The Morgan fingerprint density at radius 3 is 2.64 bits per heavy atom. The van der Waals surface area contributed by atoms with Crippen LogP contribution in [0.15, 0.2) is 17.0 Å². The van der Waals surface area contributed by atoms with E-state index >= 15 is 0 Å². The normalized spacial score (nSPS) is 21.8. The molecule has 0 aromatic heterocycles. The van der Waals surface area contributed by atoms with Gasteiger partial charge in [0.2, 0.25) is 15.7 Å². The van der Waals surface area contributed by atoms with E-state index in [1.165, 1.54) is 19.1 Å². The molecule has 1 aromatic rings. The van der Waals surface area contributed by atoms with Gasteiger partial charge >= 0.3 is 0 Å². The minimum Gasteiger partial charge on any atom is -0.336 e. The van der Waals surface area contributed by atoms with Crippen molar-refractivity contribution in [2.24, 2.45) is 0 Å². The third-order valence-electron chi connectivity index (χ3n) is 3.61. The highest BCUT2D eigenvalue weighted by Crippen LogP contribution is 2.38. The van der Waals surface area contributed by atoms with Gasteiger partial charge in [-0.25, -0.2) is 8.42 Å². The van der Waals surface area contributed by atoms with Crippen LogP contribution < -0.4 is 10.6 Å². The Morgan fingerprint density at radius 1 is 1.45 bits per heavy atom. The Balaban J connectivity index is 2.61. The average Bonchev–Trinajstić information content (AvgIpc) is 2.88. The fourth-order valence-corrected chi connectivity index (χ4v) is 6.19. The zero-order valence-electron chi connectivity index (χ0n) is 11.8. The number of rotatable bonds is 4.